The van der Waals surface area contributed by atoms with Crippen molar-refractivity contribution in [1.29, 1.82) is 5.41 Å². The van der Waals surface area contributed by atoms with Gasteiger partial charge in [0.15, 0.2) is 0 Å². The van der Waals surface area contributed by atoms with E-state index >= 15 is 0 Å². The molecule has 1 aliphatic carbocycles. The third-order valence-electron chi connectivity index (χ3n) is 3.39. The minimum atomic E-state index is 0.119. The van der Waals surface area contributed by atoms with E-state index in [2.05, 4.69) is 11.9 Å². The van der Waals surface area contributed by atoms with Crippen LogP contribution in [0.3, 0.4) is 0 Å². The van der Waals surface area contributed by atoms with Crippen LogP contribution in [-0.4, -0.2) is 37.5 Å². The van der Waals surface area contributed by atoms with E-state index in [0.717, 1.165) is 37.8 Å². The van der Waals surface area contributed by atoms with Gasteiger partial charge in [-0.15, -0.1) is 0 Å². The summed E-state index contributed by atoms with van der Waals surface area (Å²) in [5.74, 6) is 0.956. The Balaban J connectivity index is 1.68. The molecule has 0 atom stereocenters. The zero-order valence-electron chi connectivity index (χ0n) is 11.6. The third kappa shape index (κ3) is 5.01. The molecule has 1 aromatic carbocycles. The average molecular weight is 261 g/mol. The lowest BCUT2D eigenvalue weighted by molar-refractivity contribution is 0.102. The fourth-order valence-corrected chi connectivity index (χ4v) is 1.94. The normalized spacial score (nSPS) is 14.8. The summed E-state index contributed by atoms with van der Waals surface area (Å²) < 4.78 is 5.63. The van der Waals surface area contributed by atoms with Gasteiger partial charge in [-0.3, -0.25) is 10.3 Å². The van der Waals surface area contributed by atoms with Crippen LogP contribution in [0, 0.1) is 11.3 Å². The molecule has 4 heteroatoms. The van der Waals surface area contributed by atoms with Crippen molar-refractivity contribution in [3.8, 4) is 0 Å². The summed E-state index contributed by atoms with van der Waals surface area (Å²) in [5, 5.41) is 7.35. The van der Waals surface area contributed by atoms with Gasteiger partial charge in [0.05, 0.1) is 6.61 Å². The second-order valence-corrected chi connectivity index (χ2v) is 5.37. The van der Waals surface area contributed by atoms with Crippen LogP contribution < -0.4 is 5.73 Å². The lowest BCUT2D eigenvalue weighted by Crippen LogP contribution is -2.23. The number of nitrogens with one attached hydrogen (secondary N) is 1. The highest BCUT2D eigenvalue weighted by molar-refractivity contribution is 5.94. The Labute approximate surface area is 115 Å². The average Bonchev–Trinajstić information content (AvgIpc) is 3.19. The number of hydrogen-bond acceptors (Lipinski definition) is 3. The Morgan fingerprint density at radius 2 is 2.05 bits per heavy atom. The predicted molar refractivity (Wildman–Crippen MR) is 77.3 cm³/mol. The number of hydrogen-bond donors (Lipinski definition) is 2. The number of amidine groups is 1. The first-order valence-electron chi connectivity index (χ1n) is 6.85. The quantitative estimate of drug-likeness (QED) is 0.426. The fourth-order valence-electron chi connectivity index (χ4n) is 1.94. The number of nitrogens with zero attached hydrogens (tertiary/aromatic N) is 1. The van der Waals surface area contributed by atoms with Crippen LogP contribution in [0.1, 0.15) is 24.0 Å². The summed E-state index contributed by atoms with van der Waals surface area (Å²) in [6.45, 7) is 3.58. The molecule has 3 N–H and O–H groups in total. The van der Waals surface area contributed by atoms with E-state index in [1.807, 2.05) is 24.3 Å². The van der Waals surface area contributed by atoms with Gasteiger partial charge in [0.2, 0.25) is 0 Å². The van der Waals surface area contributed by atoms with Crippen LogP contribution in [0.2, 0.25) is 0 Å². The van der Waals surface area contributed by atoms with Crippen LogP contribution in [0.25, 0.3) is 0 Å². The van der Waals surface area contributed by atoms with Gasteiger partial charge < -0.3 is 10.5 Å². The molecular formula is C15H23N3O. The molecule has 0 spiro atoms. The van der Waals surface area contributed by atoms with Gasteiger partial charge in [0, 0.05) is 25.3 Å². The van der Waals surface area contributed by atoms with Gasteiger partial charge in [-0.25, -0.2) is 0 Å². The van der Waals surface area contributed by atoms with Crippen molar-refractivity contribution in [2.45, 2.75) is 19.4 Å². The third-order valence-corrected chi connectivity index (χ3v) is 3.39. The summed E-state index contributed by atoms with van der Waals surface area (Å²) in [4.78, 5) is 2.25. The van der Waals surface area contributed by atoms with Gasteiger partial charge in [-0.1, -0.05) is 24.3 Å². The first kappa shape index (κ1) is 14.0. The van der Waals surface area contributed by atoms with Crippen molar-refractivity contribution >= 4 is 5.84 Å². The van der Waals surface area contributed by atoms with Crippen LogP contribution in [0.5, 0.6) is 0 Å². The first-order chi connectivity index (χ1) is 9.15. The van der Waals surface area contributed by atoms with Crippen LogP contribution in [-0.2, 0) is 11.3 Å². The Morgan fingerprint density at radius 3 is 2.63 bits per heavy atom. The molecule has 1 aromatic rings. The van der Waals surface area contributed by atoms with E-state index in [0.29, 0.717) is 0 Å². The maximum absolute atomic E-state index is 7.35. The molecule has 0 unspecified atom stereocenters. The molecule has 1 fully saturated rings. The molecule has 0 aromatic heterocycles. The number of rotatable bonds is 8. The molecule has 19 heavy (non-hydrogen) atoms. The zero-order chi connectivity index (χ0) is 13.7. The summed E-state index contributed by atoms with van der Waals surface area (Å²) >= 11 is 0. The maximum Gasteiger partial charge on any atom is 0.122 e. The molecule has 2 rings (SSSR count). The zero-order valence-corrected chi connectivity index (χ0v) is 11.6. The second-order valence-electron chi connectivity index (χ2n) is 5.37. The van der Waals surface area contributed by atoms with Crippen molar-refractivity contribution in [2.75, 3.05) is 26.8 Å². The van der Waals surface area contributed by atoms with Crippen molar-refractivity contribution in [3.05, 3.63) is 35.4 Å². The molecule has 1 aliphatic rings. The van der Waals surface area contributed by atoms with Crippen molar-refractivity contribution in [2.24, 2.45) is 11.7 Å². The van der Waals surface area contributed by atoms with Crippen LogP contribution in [0.4, 0.5) is 0 Å². The highest BCUT2D eigenvalue weighted by atomic mass is 16.5. The van der Waals surface area contributed by atoms with Crippen molar-refractivity contribution in [1.82, 2.24) is 4.90 Å². The van der Waals surface area contributed by atoms with E-state index in [1.54, 1.807) is 0 Å². The lowest BCUT2D eigenvalue weighted by atomic mass is 10.1. The Bertz CT molecular complexity index is 412. The molecule has 4 nitrogen and oxygen atoms in total. The molecule has 0 amide bonds. The highest BCUT2D eigenvalue weighted by Crippen LogP contribution is 2.28. The topological polar surface area (TPSA) is 62.3 Å². The minimum absolute atomic E-state index is 0.119. The number of likely N-dealkylation sites (N-methyl/N-ethyl adjacent to an activating group) is 1. The van der Waals surface area contributed by atoms with Gasteiger partial charge >= 0.3 is 0 Å². The summed E-state index contributed by atoms with van der Waals surface area (Å²) in [6.07, 6.45) is 2.69. The second kappa shape index (κ2) is 6.68. The number of ether oxygens (including phenoxy) is 1. The molecule has 0 saturated heterocycles. The van der Waals surface area contributed by atoms with E-state index < -0.39 is 0 Å². The fraction of sp³-hybridized carbons (Fsp3) is 0.533. The number of nitrogen functional groups attached to an aromatic ring is 1. The Kier molecular flexibility index (Phi) is 4.93. The minimum Gasteiger partial charge on any atom is -0.384 e. The van der Waals surface area contributed by atoms with Gasteiger partial charge in [-0.05, 0) is 31.4 Å². The lowest BCUT2D eigenvalue weighted by Gasteiger charge is -2.16. The molecule has 0 bridgehead atoms. The molecular weight excluding hydrogens is 238 g/mol. The predicted octanol–water partition coefficient (Wildman–Crippen LogP) is 1.83. The molecule has 0 heterocycles. The highest BCUT2D eigenvalue weighted by Gasteiger charge is 2.20. The molecule has 1 saturated carbocycles. The molecule has 0 radical (unpaired) electrons. The van der Waals surface area contributed by atoms with E-state index in [9.17, 15) is 0 Å². The van der Waals surface area contributed by atoms with Gasteiger partial charge in [0.1, 0.15) is 5.84 Å². The largest absolute Gasteiger partial charge is 0.384 e. The van der Waals surface area contributed by atoms with Crippen molar-refractivity contribution < 1.29 is 4.74 Å². The Hall–Kier alpha value is -1.39. The van der Waals surface area contributed by atoms with E-state index in [4.69, 9.17) is 15.9 Å². The van der Waals surface area contributed by atoms with Crippen LogP contribution in [0.15, 0.2) is 24.3 Å². The smallest absolute Gasteiger partial charge is 0.122 e. The van der Waals surface area contributed by atoms with E-state index in [-0.39, 0.29) is 5.84 Å². The van der Waals surface area contributed by atoms with Crippen LogP contribution >= 0.6 is 0 Å². The number of nitrogens with two attached hydrogens (primary N) is 1. The SMILES string of the molecule is CN(CCOCC1CC1)Cc1ccc(C(=N)N)cc1. The maximum atomic E-state index is 7.35. The summed E-state index contributed by atoms with van der Waals surface area (Å²) in [7, 11) is 2.10. The molecule has 0 aliphatic heterocycles. The number of benzene rings is 1. The summed E-state index contributed by atoms with van der Waals surface area (Å²) in [5.41, 5.74) is 7.44. The van der Waals surface area contributed by atoms with Crippen molar-refractivity contribution in [3.63, 3.8) is 0 Å². The molecule has 104 valence electrons. The standard InChI is InChI=1S/C15H23N3O/c1-18(8-9-19-11-13-2-3-13)10-12-4-6-14(7-5-12)15(16)17/h4-7,13H,2-3,8-11H2,1H3,(H3,16,17). The van der Waals surface area contributed by atoms with Gasteiger partial charge in [-0.2, -0.15) is 0 Å². The van der Waals surface area contributed by atoms with E-state index in [1.165, 1.54) is 18.4 Å². The monoisotopic (exact) mass is 261 g/mol. The first-order valence-corrected chi connectivity index (χ1v) is 6.85. The van der Waals surface area contributed by atoms with Gasteiger partial charge in [0.25, 0.3) is 0 Å². The Morgan fingerprint density at radius 1 is 1.37 bits per heavy atom. The summed E-state index contributed by atoms with van der Waals surface area (Å²) in [6, 6.07) is 7.85.